The molecular weight excluding hydrogens is 236 g/mol. The number of carboxylic acids is 1. The summed E-state index contributed by atoms with van der Waals surface area (Å²) in [6.45, 7) is 2.39. The van der Waals surface area contributed by atoms with E-state index in [1.807, 2.05) is 0 Å². The van der Waals surface area contributed by atoms with Crippen LogP contribution in [0.5, 0.6) is 0 Å². The molecule has 6 heteroatoms. The molecule has 2 atom stereocenters. The maximum Gasteiger partial charge on any atom is 0.306 e. The van der Waals surface area contributed by atoms with E-state index in [1.165, 1.54) is 0 Å². The highest BCUT2D eigenvalue weighted by atomic mass is 16.5. The highest BCUT2D eigenvalue weighted by Gasteiger charge is 2.27. The number of morpholine rings is 1. The summed E-state index contributed by atoms with van der Waals surface area (Å²) < 4.78 is 5.35. The Kier molecular flexibility index (Phi) is 4.54. The largest absolute Gasteiger partial charge is 0.481 e. The smallest absolute Gasteiger partial charge is 0.306 e. The predicted octanol–water partition coefficient (Wildman–Crippen LogP) is -0.169. The van der Waals surface area contributed by atoms with Gasteiger partial charge in [-0.2, -0.15) is 0 Å². The number of carbonyl (C=O) groups excluding carboxylic acids is 1. The number of hydrogen-bond donors (Lipinski definition) is 2. The average Bonchev–Trinajstić information content (AvgIpc) is 2.81. The van der Waals surface area contributed by atoms with Crippen molar-refractivity contribution < 1.29 is 19.4 Å². The Bertz CT molecular complexity index is 315. The van der Waals surface area contributed by atoms with Gasteiger partial charge in [-0.05, 0) is 19.4 Å². The molecule has 2 rings (SSSR count). The molecule has 2 saturated heterocycles. The molecular formula is C12H20N2O4. The van der Waals surface area contributed by atoms with Crippen LogP contribution < -0.4 is 5.32 Å². The zero-order valence-electron chi connectivity index (χ0n) is 10.4. The van der Waals surface area contributed by atoms with Gasteiger partial charge in [-0.3, -0.25) is 9.59 Å². The van der Waals surface area contributed by atoms with Gasteiger partial charge in [0, 0.05) is 25.6 Å². The molecule has 6 nitrogen and oxygen atoms in total. The van der Waals surface area contributed by atoms with Crippen LogP contribution in [0.25, 0.3) is 0 Å². The molecule has 2 N–H and O–H groups in total. The molecule has 0 aliphatic carbocycles. The Labute approximate surface area is 106 Å². The zero-order chi connectivity index (χ0) is 13.0. The third-order valence-electron chi connectivity index (χ3n) is 3.48. The summed E-state index contributed by atoms with van der Waals surface area (Å²) in [4.78, 5) is 24.4. The highest BCUT2D eigenvalue weighted by molar-refractivity contribution is 5.77. The maximum absolute atomic E-state index is 12.1. The van der Waals surface area contributed by atoms with Crippen LogP contribution in [0.4, 0.5) is 0 Å². The number of hydrogen-bond acceptors (Lipinski definition) is 4. The number of nitrogens with zero attached hydrogens (tertiary/aromatic N) is 1. The van der Waals surface area contributed by atoms with Gasteiger partial charge in [-0.25, -0.2) is 0 Å². The van der Waals surface area contributed by atoms with Gasteiger partial charge < -0.3 is 20.1 Å². The lowest BCUT2D eigenvalue weighted by molar-refractivity contribution is -0.147. The van der Waals surface area contributed by atoms with Gasteiger partial charge in [-0.1, -0.05) is 0 Å². The minimum atomic E-state index is -0.883. The molecule has 2 aliphatic heterocycles. The number of nitrogens with one attached hydrogen (secondary N) is 1. The molecule has 0 aromatic carbocycles. The van der Waals surface area contributed by atoms with Gasteiger partial charge in [0.05, 0.1) is 19.1 Å². The third kappa shape index (κ3) is 3.68. The minimum Gasteiger partial charge on any atom is -0.481 e. The summed E-state index contributed by atoms with van der Waals surface area (Å²) in [6, 6.07) is 0.290. The van der Waals surface area contributed by atoms with Crippen molar-refractivity contribution in [1.82, 2.24) is 10.2 Å². The van der Waals surface area contributed by atoms with Crippen LogP contribution in [0.1, 0.15) is 25.7 Å². The first-order chi connectivity index (χ1) is 8.65. The van der Waals surface area contributed by atoms with Crippen molar-refractivity contribution in [3.63, 3.8) is 0 Å². The molecule has 18 heavy (non-hydrogen) atoms. The first-order valence-corrected chi connectivity index (χ1v) is 6.49. The standard InChI is InChI=1S/C12H20N2O4/c15-11(6-9-2-1-3-13-9)14-4-5-18-10(8-14)7-12(16)17/h9-10,13H,1-8H2,(H,16,17). The summed E-state index contributed by atoms with van der Waals surface area (Å²) in [5, 5.41) is 12.0. The van der Waals surface area contributed by atoms with Gasteiger partial charge >= 0.3 is 5.97 Å². The van der Waals surface area contributed by atoms with Gasteiger partial charge in [0.2, 0.25) is 5.91 Å². The molecule has 0 radical (unpaired) electrons. The second-order valence-corrected chi connectivity index (χ2v) is 4.93. The van der Waals surface area contributed by atoms with Crippen LogP contribution in [0.3, 0.4) is 0 Å². The minimum absolute atomic E-state index is 0.0363. The van der Waals surface area contributed by atoms with Crippen molar-refractivity contribution in [2.24, 2.45) is 0 Å². The first-order valence-electron chi connectivity index (χ1n) is 6.49. The molecule has 0 aromatic rings. The summed E-state index contributed by atoms with van der Waals surface area (Å²) in [5.41, 5.74) is 0. The number of rotatable bonds is 4. The topological polar surface area (TPSA) is 78.9 Å². The van der Waals surface area contributed by atoms with Crippen molar-refractivity contribution in [2.45, 2.75) is 37.8 Å². The molecule has 2 aliphatic rings. The Morgan fingerprint density at radius 2 is 2.22 bits per heavy atom. The molecule has 0 aromatic heterocycles. The van der Waals surface area contributed by atoms with Gasteiger partial charge in [-0.15, -0.1) is 0 Å². The fourth-order valence-electron chi connectivity index (χ4n) is 2.53. The predicted molar refractivity (Wildman–Crippen MR) is 64.2 cm³/mol. The van der Waals surface area contributed by atoms with E-state index in [9.17, 15) is 9.59 Å². The SMILES string of the molecule is O=C(O)CC1CN(C(=O)CC2CCCN2)CCO1. The molecule has 0 saturated carbocycles. The summed E-state index contributed by atoms with van der Waals surface area (Å²) in [5.74, 6) is -0.778. The van der Waals surface area contributed by atoms with Crippen molar-refractivity contribution in [3.8, 4) is 0 Å². The number of aliphatic carboxylic acids is 1. The number of amides is 1. The molecule has 0 spiro atoms. The van der Waals surface area contributed by atoms with E-state index in [1.54, 1.807) is 4.90 Å². The van der Waals surface area contributed by atoms with Crippen LogP contribution in [0.2, 0.25) is 0 Å². The molecule has 0 bridgehead atoms. The van der Waals surface area contributed by atoms with E-state index in [0.29, 0.717) is 32.2 Å². The summed E-state index contributed by atoms with van der Waals surface area (Å²) in [6.07, 6.45) is 2.29. The Morgan fingerprint density at radius 3 is 2.89 bits per heavy atom. The van der Waals surface area contributed by atoms with Crippen molar-refractivity contribution in [3.05, 3.63) is 0 Å². The van der Waals surface area contributed by atoms with E-state index < -0.39 is 5.97 Å². The highest BCUT2D eigenvalue weighted by Crippen LogP contribution is 2.14. The average molecular weight is 256 g/mol. The molecule has 2 fully saturated rings. The molecule has 1 amide bonds. The first kappa shape index (κ1) is 13.3. The normalized spacial score (nSPS) is 28.3. The van der Waals surface area contributed by atoms with Gasteiger partial charge in [0.15, 0.2) is 0 Å². The Balaban J connectivity index is 1.79. The second kappa shape index (κ2) is 6.15. The monoisotopic (exact) mass is 256 g/mol. The van der Waals surface area contributed by atoms with E-state index in [4.69, 9.17) is 9.84 Å². The zero-order valence-corrected chi connectivity index (χ0v) is 10.4. The van der Waals surface area contributed by atoms with Crippen molar-refractivity contribution in [1.29, 1.82) is 0 Å². The Morgan fingerprint density at radius 1 is 1.39 bits per heavy atom. The van der Waals surface area contributed by atoms with Crippen LogP contribution >= 0.6 is 0 Å². The molecule has 2 unspecified atom stereocenters. The fourth-order valence-corrected chi connectivity index (χ4v) is 2.53. The quantitative estimate of drug-likeness (QED) is 0.730. The van der Waals surface area contributed by atoms with Gasteiger partial charge in [0.1, 0.15) is 0 Å². The lowest BCUT2D eigenvalue weighted by atomic mass is 10.1. The summed E-state index contributed by atoms with van der Waals surface area (Å²) >= 11 is 0. The Hall–Kier alpha value is -1.14. The van der Waals surface area contributed by atoms with Crippen LogP contribution in [-0.4, -0.2) is 60.3 Å². The van der Waals surface area contributed by atoms with Crippen LogP contribution in [-0.2, 0) is 14.3 Å². The van der Waals surface area contributed by atoms with E-state index in [2.05, 4.69) is 5.32 Å². The lowest BCUT2D eigenvalue weighted by Gasteiger charge is -2.33. The van der Waals surface area contributed by atoms with E-state index >= 15 is 0 Å². The number of ether oxygens (including phenoxy) is 1. The lowest BCUT2D eigenvalue weighted by Crippen LogP contribution is -2.47. The van der Waals surface area contributed by atoms with Gasteiger partial charge in [0.25, 0.3) is 0 Å². The number of carboxylic acid groups (broad SMARTS) is 1. The van der Waals surface area contributed by atoms with Crippen molar-refractivity contribution >= 4 is 11.9 Å². The second-order valence-electron chi connectivity index (χ2n) is 4.93. The third-order valence-corrected chi connectivity index (χ3v) is 3.48. The number of carbonyl (C=O) groups is 2. The van der Waals surface area contributed by atoms with Crippen molar-refractivity contribution in [2.75, 3.05) is 26.2 Å². The van der Waals surface area contributed by atoms with E-state index in [-0.39, 0.29) is 18.4 Å². The van der Waals surface area contributed by atoms with E-state index in [0.717, 1.165) is 19.4 Å². The fraction of sp³-hybridized carbons (Fsp3) is 0.833. The molecule has 102 valence electrons. The van der Waals surface area contributed by atoms with Crippen LogP contribution in [0.15, 0.2) is 0 Å². The summed E-state index contributed by atoms with van der Waals surface area (Å²) in [7, 11) is 0. The maximum atomic E-state index is 12.1. The van der Waals surface area contributed by atoms with Crippen LogP contribution in [0, 0.1) is 0 Å². The molecule has 2 heterocycles.